The van der Waals surface area contributed by atoms with E-state index in [1.807, 2.05) is 0 Å². The van der Waals surface area contributed by atoms with Gasteiger partial charge in [0.25, 0.3) is 0 Å². The Bertz CT molecular complexity index is 2560. The van der Waals surface area contributed by atoms with Gasteiger partial charge in [0.1, 0.15) is 0 Å². The first-order valence-corrected chi connectivity index (χ1v) is 41.8. The molecule has 15 aliphatic carbocycles. The lowest BCUT2D eigenvalue weighted by atomic mass is 9.51. The van der Waals surface area contributed by atoms with E-state index in [-0.39, 0.29) is 23.5 Å². The number of fused-ring (bicyclic) bond motifs is 15. The Morgan fingerprint density at radius 3 is 0.400 bits per heavy atom. The molecule has 0 nitrogen and oxygen atoms in total. The predicted molar refractivity (Wildman–Crippen MR) is 431 cm³/mol. The number of rotatable bonds is 20. The zero-order valence-electron chi connectivity index (χ0n) is 62.4. The predicted octanol–water partition coefficient (Wildman–Crippen LogP) is 30.9. The Hall–Kier alpha value is -3.15. The van der Waals surface area contributed by atoms with Crippen LogP contribution >= 0.6 is 63.1 Å². The van der Waals surface area contributed by atoms with Crippen molar-refractivity contribution in [2.45, 2.75) is 375 Å². The van der Waals surface area contributed by atoms with Gasteiger partial charge >= 0.3 is 0 Å². The number of hydrogen-bond acceptors (Lipinski definition) is 0. The summed E-state index contributed by atoms with van der Waals surface area (Å²) in [4.78, 5) is 4.88. The molecule has 0 amide bonds. The molecule has 10 bridgehead atoms. The van der Waals surface area contributed by atoms with Crippen molar-refractivity contribution >= 4 is 63.1 Å². The molecule has 20 rings (SSSR count). The number of unbranched alkanes of at least 4 members (excludes halogenated alkanes) is 5. The van der Waals surface area contributed by atoms with E-state index >= 15 is 0 Å². The summed E-state index contributed by atoms with van der Waals surface area (Å²) in [6, 6.07) is 44.2. The maximum absolute atomic E-state index is 5.22. The molecule has 0 saturated heterocycles. The molecule has 0 unspecified atom stereocenters. The van der Waals surface area contributed by atoms with E-state index in [9.17, 15) is 0 Å². The summed E-state index contributed by atoms with van der Waals surface area (Å²) in [6.45, 7) is 11.6. The van der Waals surface area contributed by atoms with Crippen molar-refractivity contribution in [3.05, 3.63) is 149 Å². The van der Waals surface area contributed by atoms with Crippen molar-refractivity contribution in [1.29, 1.82) is 0 Å². The zero-order chi connectivity index (χ0) is 66.7. The van der Waals surface area contributed by atoms with Crippen molar-refractivity contribution in [2.24, 2.45) is 27.1 Å². The van der Waals surface area contributed by atoms with Crippen LogP contribution < -0.4 is 0 Å². The number of benzene rings is 5. The van der Waals surface area contributed by atoms with Crippen molar-refractivity contribution in [3.63, 3.8) is 0 Å². The number of hydrogen-bond donors (Lipinski definition) is 0. The minimum absolute atomic E-state index is 0. The molecule has 15 fully saturated rings. The van der Waals surface area contributed by atoms with Crippen molar-refractivity contribution < 1.29 is 23.5 Å². The molecule has 0 atom stereocenters. The van der Waals surface area contributed by atoms with Gasteiger partial charge in [-0.05, 0) is 367 Å². The van der Waals surface area contributed by atoms with E-state index in [1.165, 1.54) is 289 Å². The van der Waals surface area contributed by atoms with Crippen LogP contribution in [0.25, 0.3) is 0 Å². The fourth-order valence-electron chi connectivity index (χ4n) is 22.2. The summed E-state index contributed by atoms with van der Waals surface area (Å²) in [5.74, 6) is 0. The quantitative estimate of drug-likeness (QED) is 0.0682. The smallest absolute Gasteiger partial charge is 0.0377 e. The minimum Gasteiger partial charge on any atom is -0.269 e. The molecular formula is C90H130F5S5. The molecular weight excluding hydrogens is 1340 g/mol. The van der Waals surface area contributed by atoms with Gasteiger partial charge in [0.2, 0.25) is 0 Å². The fourth-order valence-corrected chi connectivity index (χ4v) is 22.8. The van der Waals surface area contributed by atoms with Gasteiger partial charge in [0.05, 0.1) is 0 Å². The second-order valence-electron chi connectivity index (χ2n) is 34.5. The molecule has 5 radical (unpaired) electrons. The fraction of sp³-hybridized carbons (Fsp3) is 0.667. The van der Waals surface area contributed by atoms with Crippen molar-refractivity contribution in [3.8, 4) is 0 Å². The summed E-state index contributed by atoms with van der Waals surface area (Å²) in [5, 5.41) is 0. The first kappa shape index (κ1) is 85.8. The van der Waals surface area contributed by atoms with Crippen LogP contribution in [0.3, 0.4) is 0 Å². The third-order valence-electron chi connectivity index (χ3n) is 29.6. The van der Waals surface area contributed by atoms with Crippen molar-refractivity contribution in [2.75, 3.05) is 0 Å². The third kappa shape index (κ3) is 19.5. The maximum atomic E-state index is 5.22. The first-order valence-electron chi connectivity index (χ1n) is 39.8. The summed E-state index contributed by atoms with van der Waals surface area (Å²) >= 11 is 26.1. The largest absolute Gasteiger partial charge is 0.269 e. The molecule has 5 aromatic rings. The standard InChI is InChI=1S/5C18H25S.5FH/c5*1-2-3-8-17-9-12-18(13-10-17,14-11-17)15-4-6-16(19)7-5-15;;;;;/h5*4-7H,2-3,8-14H2,1H3;5*1H. The summed E-state index contributed by atoms with van der Waals surface area (Å²) < 4.78 is 0. The lowest BCUT2D eigenvalue weighted by Crippen LogP contribution is -2.44. The zero-order valence-corrected chi connectivity index (χ0v) is 66.5. The molecule has 555 valence electrons. The Labute approximate surface area is 633 Å². The van der Waals surface area contributed by atoms with Crippen LogP contribution in [0.4, 0.5) is 23.5 Å². The molecule has 15 saturated carbocycles. The summed E-state index contributed by atoms with van der Waals surface area (Å²) in [6.07, 6.45) is 64.4. The summed E-state index contributed by atoms with van der Waals surface area (Å²) in [7, 11) is 0. The topological polar surface area (TPSA) is 0 Å². The second-order valence-corrected chi connectivity index (χ2v) is 36.9. The van der Waals surface area contributed by atoms with E-state index < -0.39 is 0 Å². The van der Waals surface area contributed by atoms with Gasteiger partial charge in [-0.2, -0.15) is 0 Å². The molecule has 0 heterocycles. The molecule has 10 heteroatoms. The lowest BCUT2D eigenvalue weighted by Gasteiger charge is -2.54. The van der Waals surface area contributed by atoms with E-state index in [2.05, 4.69) is 156 Å². The minimum atomic E-state index is 0. The third-order valence-corrected chi connectivity index (χ3v) is 31.0. The van der Waals surface area contributed by atoms with Gasteiger partial charge in [-0.3, -0.25) is 23.5 Å². The van der Waals surface area contributed by atoms with Crippen molar-refractivity contribution in [1.82, 2.24) is 0 Å². The molecule has 5 aromatic carbocycles. The van der Waals surface area contributed by atoms with Gasteiger partial charge in [-0.15, -0.1) is 0 Å². The molecule has 0 N–H and O–H groups in total. The highest BCUT2D eigenvalue weighted by Crippen LogP contribution is 2.64. The van der Waals surface area contributed by atoms with Crippen LogP contribution in [0, 0.1) is 27.1 Å². The van der Waals surface area contributed by atoms with Crippen LogP contribution in [0.15, 0.2) is 146 Å². The average molecular weight is 1470 g/mol. The lowest BCUT2D eigenvalue weighted by molar-refractivity contribution is 0.0308. The normalized spacial score (nSPS) is 31.9. The maximum Gasteiger partial charge on any atom is 0.0377 e. The van der Waals surface area contributed by atoms with Crippen LogP contribution in [-0.4, -0.2) is 0 Å². The Kier molecular flexibility index (Phi) is 32.1. The Morgan fingerprint density at radius 1 is 0.190 bits per heavy atom. The van der Waals surface area contributed by atoms with Crippen LogP contribution in [0.2, 0.25) is 0 Å². The van der Waals surface area contributed by atoms with Crippen LogP contribution in [0.5, 0.6) is 0 Å². The molecule has 100 heavy (non-hydrogen) atoms. The first-order chi connectivity index (χ1) is 45.9. The molecule has 0 spiro atoms. The Balaban J connectivity index is 0.000000194. The monoisotopic (exact) mass is 1470 g/mol. The highest BCUT2D eigenvalue weighted by Gasteiger charge is 2.53. The van der Waals surface area contributed by atoms with Gasteiger partial charge in [-0.25, -0.2) is 0 Å². The van der Waals surface area contributed by atoms with Gasteiger partial charge in [-0.1, -0.05) is 223 Å². The van der Waals surface area contributed by atoms with E-state index in [0.29, 0.717) is 27.1 Å². The molecule has 0 aromatic heterocycles. The van der Waals surface area contributed by atoms with Gasteiger partial charge < -0.3 is 0 Å². The van der Waals surface area contributed by atoms with Crippen LogP contribution in [-0.2, 0) is 27.1 Å². The molecule has 15 aliphatic rings. The second kappa shape index (κ2) is 37.4. The number of halogens is 5. The van der Waals surface area contributed by atoms with Gasteiger partial charge in [0.15, 0.2) is 0 Å². The Morgan fingerprint density at radius 2 is 0.300 bits per heavy atom. The van der Waals surface area contributed by atoms with Gasteiger partial charge in [0, 0.05) is 24.5 Å². The SMILES string of the molecule is CCCCC12CCC(c3ccc([S])cc3)(CC1)CC2.CCCCC12CCC(c3ccc([S])cc3)(CC1)CC2.CCCCC12CCC(c3ccc([S])cc3)(CC1)CC2.CCCCC12CCC(c3ccc([S])cc3)(CC1)CC2.CCCCC12CCC(c3ccc([S])cc3)(CC1)CC2.F.F.F.F.F. The average Bonchev–Trinajstić information content (AvgIpc) is 0.783. The highest BCUT2D eigenvalue weighted by molar-refractivity contribution is 7.81. The summed E-state index contributed by atoms with van der Waals surface area (Å²) in [5.41, 5.74) is 13.9. The van der Waals surface area contributed by atoms with E-state index in [1.54, 1.807) is 27.8 Å². The van der Waals surface area contributed by atoms with Crippen LogP contribution in [0.1, 0.15) is 351 Å². The van der Waals surface area contributed by atoms with E-state index in [4.69, 9.17) is 63.1 Å². The molecule has 0 aliphatic heterocycles. The van der Waals surface area contributed by atoms with E-state index in [0.717, 1.165) is 51.6 Å². The highest BCUT2D eigenvalue weighted by atomic mass is 32.1.